The number of H-pyrrole nitrogens is 1. The molecule has 8 atom stereocenters. The number of methoxy groups -OCH3 is 1. The molecule has 24 heteroatoms. The molecular weight excluding hydrogens is 891 g/mol. The van der Waals surface area contributed by atoms with Crippen molar-refractivity contribution in [1.82, 2.24) is 46.1 Å². The Morgan fingerprint density at radius 1 is 0.853 bits per heavy atom. The van der Waals surface area contributed by atoms with E-state index in [0.717, 1.165) is 17.1 Å². The molecule has 0 aliphatic carbocycles. The van der Waals surface area contributed by atoms with E-state index in [0.29, 0.717) is 33.7 Å². The third-order valence-electron chi connectivity index (χ3n) is 11.0. The molecule has 2 aliphatic heterocycles. The summed E-state index contributed by atoms with van der Waals surface area (Å²) in [7, 11) is 1.49. The molecule has 4 heterocycles. The molecule has 7 amide bonds. The van der Waals surface area contributed by atoms with Gasteiger partial charge in [-0.3, -0.25) is 33.7 Å². The smallest absolute Gasteiger partial charge is 0.408 e. The second kappa shape index (κ2) is 22.8. The van der Waals surface area contributed by atoms with E-state index in [4.69, 9.17) is 14.2 Å². The number of imidazole rings is 1. The number of aromatic nitrogens is 4. The molecule has 0 unspecified atom stereocenters. The number of hydrogen-bond acceptors (Lipinski definition) is 17. The fraction of sp³-hybridized carbons (Fsp3) is 0.409. The number of nitrogens with zero attached hydrogens (tertiary/aromatic N) is 4. The molecule has 1 saturated heterocycles. The predicted molar refractivity (Wildman–Crippen MR) is 239 cm³/mol. The maximum atomic E-state index is 13.9. The van der Waals surface area contributed by atoms with Crippen molar-refractivity contribution in [2.45, 2.75) is 88.9 Å². The maximum absolute atomic E-state index is 13.9. The van der Waals surface area contributed by atoms with E-state index >= 15 is 0 Å². The van der Waals surface area contributed by atoms with Crippen molar-refractivity contribution < 1.29 is 63.1 Å². The molecule has 0 radical (unpaired) electrons. The van der Waals surface area contributed by atoms with Gasteiger partial charge in [0.1, 0.15) is 60.6 Å². The number of aliphatic hydroxyl groups excluding tert-OH is 3. The zero-order valence-corrected chi connectivity index (χ0v) is 37.4. The van der Waals surface area contributed by atoms with Gasteiger partial charge in [0.2, 0.25) is 23.6 Å². The van der Waals surface area contributed by atoms with Crippen molar-refractivity contribution in [3.8, 4) is 5.75 Å². The van der Waals surface area contributed by atoms with E-state index in [1.807, 2.05) is 0 Å². The number of hydrogen-bond donors (Lipinski definition) is 10. The van der Waals surface area contributed by atoms with Crippen molar-refractivity contribution in [3.63, 3.8) is 0 Å². The molecule has 6 rings (SSSR count). The van der Waals surface area contributed by atoms with Gasteiger partial charge in [-0.2, -0.15) is 0 Å². The number of carbonyl (C=O) groups is 7. The number of amides is 7. The minimum Gasteiger partial charge on any atom is -0.497 e. The third-order valence-corrected chi connectivity index (χ3v) is 11.0. The fourth-order valence-electron chi connectivity index (χ4n) is 7.18. The van der Waals surface area contributed by atoms with Gasteiger partial charge in [0.05, 0.1) is 26.1 Å². The van der Waals surface area contributed by atoms with Gasteiger partial charge in [-0.15, -0.1) is 0 Å². The van der Waals surface area contributed by atoms with Gasteiger partial charge in [0, 0.05) is 37.2 Å². The van der Waals surface area contributed by atoms with Crippen molar-refractivity contribution in [1.29, 1.82) is 0 Å². The monoisotopic (exact) mass is 943 g/mol. The van der Waals surface area contributed by atoms with Crippen LogP contribution in [0.5, 0.6) is 5.75 Å². The molecule has 2 aliphatic rings. The lowest BCUT2D eigenvalue weighted by Gasteiger charge is -2.43. The van der Waals surface area contributed by atoms with Gasteiger partial charge in [-0.05, 0) is 48.2 Å². The van der Waals surface area contributed by atoms with E-state index in [1.165, 1.54) is 26.7 Å². The van der Waals surface area contributed by atoms with Crippen molar-refractivity contribution in [2.75, 3.05) is 30.9 Å². The largest absolute Gasteiger partial charge is 0.497 e. The average molecular weight is 944 g/mol. The number of rotatable bonds is 20. The minimum atomic E-state index is -1.67. The Morgan fingerprint density at radius 3 is 2.21 bits per heavy atom. The van der Waals surface area contributed by atoms with E-state index < -0.39 is 96.9 Å². The number of aliphatic hydroxyl groups is 3. The average Bonchev–Trinajstić information content (AvgIpc) is 3.94. The molecule has 2 aromatic carbocycles. The predicted octanol–water partition coefficient (Wildman–Crippen LogP) is -0.866. The minimum absolute atomic E-state index is 0.0532. The maximum Gasteiger partial charge on any atom is 0.408 e. The highest BCUT2D eigenvalue weighted by Gasteiger charge is 2.46. The molecule has 24 nitrogen and oxygen atoms in total. The van der Waals surface area contributed by atoms with E-state index in [-0.39, 0.29) is 37.7 Å². The first kappa shape index (κ1) is 49.9. The number of aromatic amines is 1. The van der Waals surface area contributed by atoms with E-state index in [1.54, 1.807) is 62.4 Å². The third kappa shape index (κ3) is 12.7. The van der Waals surface area contributed by atoms with Crippen molar-refractivity contribution in [2.24, 2.45) is 5.92 Å². The Labute approximate surface area is 388 Å². The van der Waals surface area contributed by atoms with Crippen LogP contribution in [0.2, 0.25) is 0 Å². The quantitative estimate of drug-likeness (QED) is 0.0482. The molecule has 4 aromatic rings. The Bertz CT molecular complexity index is 2460. The van der Waals surface area contributed by atoms with Crippen LogP contribution in [-0.4, -0.2) is 151 Å². The number of anilines is 2. The lowest BCUT2D eigenvalue weighted by atomic mass is 9.94. The summed E-state index contributed by atoms with van der Waals surface area (Å²) in [6.45, 7) is 3.78. The standard InChI is InChI=1S/C44H53N11O13/c1-22(2)33(52-30(57)15-16-55-31(58)13-14-32(55)59)42(64)49-23(3)40(62)50-26-9-5-25(6-10-26)19-67-44(65)51-28(17-24-7-11-27(66-4)12-8-24)41(63)53-34-29(18-56)68-43(37(61)36(34)60)54-39-35-38(46-20-45-35)47-21-48-39/h5-14,20-23,28-29,33-34,36-37,43,56,60-61H,15-19H2,1-4H3,(H,49,64)(H,50,62)(H,51,65)(H,52,57)(H,53,63)(H2,45,46,47,48,54)/t23-,28-,29-,33-,34-,36+,37-,43-/m0/s1. The first-order valence-electron chi connectivity index (χ1n) is 21.5. The Hall–Kier alpha value is -7.54. The normalized spacial score (nSPS) is 20.3. The SMILES string of the molecule is COc1ccc(C[C@H](NC(=O)OCc2ccc(NC(=O)[C@H](C)NC(=O)[C@@H](NC(=O)CCN3C(=O)C=CC3=O)C(C)C)cc2)C(=O)N[C@@H]2[C@@H](O)[C@H](O)[C@@H](Nc3ncnc4nc[nH]c34)O[C@H]2CO)cc1. The van der Waals surface area contributed by atoms with Crippen LogP contribution < -0.4 is 36.6 Å². The van der Waals surface area contributed by atoms with Gasteiger partial charge in [0.25, 0.3) is 11.8 Å². The summed E-state index contributed by atoms with van der Waals surface area (Å²) in [4.78, 5) is 105. The molecule has 1 fully saturated rings. The van der Waals surface area contributed by atoms with Crippen LogP contribution in [0, 0.1) is 5.92 Å². The van der Waals surface area contributed by atoms with Gasteiger partial charge in [-0.25, -0.2) is 19.7 Å². The van der Waals surface area contributed by atoms with Crippen LogP contribution in [0.15, 0.2) is 73.3 Å². The van der Waals surface area contributed by atoms with Crippen LogP contribution in [0.3, 0.4) is 0 Å². The Morgan fingerprint density at radius 2 is 1.54 bits per heavy atom. The molecule has 0 spiro atoms. The van der Waals surface area contributed by atoms with Crippen LogP contribution in [0.4, 0.5) is 16.3 Å². The summed E-state index contributed by atoms with van der Waals surface area (Å²) in [5.41, 5.74) is 2.19. The highest BCUT2D eigenvalue weighted by atomic mass is 16.6. The molecule has 68 heavy (non-hydrogen) atoms. The van der Waals surface area contributed by atoms with Crippen LogP contribution in [-0.2, 0) is 51.3 Å². The number of ether oxygens (including phenoxy) is 3. The van der Waals surface area contributed by atoms with Crippen molar-refractivity contribution >= 4 is 64.2 Å². The Kier molecular flexibility index (Phi) is 16.7. The topological polar surface area (TPSA) is 338 Å². The molecular formula is C44H53N11O13. The molecule has 10 N–H and O–H groups in total. The first-order valence-corrected chi connectivity index (χ1v) is 21.5. The second-order valence-electron chi connectivity index (χ2n) is 16.2. The summed E-state index contributed by atoms with van der Waals surface area (Å²) >= 11 is 0. The summed E-state index contributed by atoms with van der Waals surface area (Å²) < 4.78 is 16.6. The van der Waals surface area contributed by atoms with Gasteiger partial charge >= 0.3 is 6.09 Å². The lowest BCUT2D eigenvalue weighted by molar-refractivity contribution is -0.185. The second-order valence-corrected chi connectivity index (χ2v) is 16.2. The summed E-state index contributed by atoms with van der Waals surface area (Å²) in [6.07, 6.45) is -2.22. The molecule has 0 saturated carbocycles. The highest BCUT2D eigenvalue weighted by Crippen LogP contribution is 2.25. The number of carbonyl (C=O) groups excluding carboxylic acids is 7. The van der Waals surface area contributed by atoms with Crippen LogP contribution in [0.1, 0.15) is 38.3 Å². The van der Waals surface area contributed by atoms with Gasteiger partial charge < -0.3 is 66.4 Å². The zero-order chi connectivity index (χ0) is 49.1. The number of imide groups is 1. The number of benzene rings is 2. The summed E-state index contributed by atoms with van der Waals surface area (Å²) in [6, 6.07) is 8.27. The fourth-order valence-corrected chi connectivity index (χ4v) is 7.18. The highest BCUT2D eigenvalue weighted by molar-refractivity contribution is 6.13. The van der Waals surface area contributed by atoms with E-state index in [9.17, 15) is 48.9 Å². The number of nitrogens with one attached hydrogen (secondary N) is 7. The van der Waals surface area contributed by atoms with Gasteiger partial charge in [-0.1, -0.05) is 38.1 Å². The summed E-state index contributed by atoms with van der Waals surface area (Å²) in [5.74, 6) is -3.22. The number of fused-ring (bicyclic) bond motifs is 1. The zero-order valence-electron chi connectivity index (χ0n) is 37.4. The molecule has 2 aromatic heterocycles. The van der Waals surface area contributed by atoms with Crippen molar-refractivity contribution in [3.05, 3.63) is 84.5 Å². The lowest BCUT2D eigenvalue weighted by Crippen LogP contribution is -2.67. The Balaban J connectivity index is 1.01. The molecule has 0 bridgehead atoms. The molecule has 362 valence electrons. The van der Waals surface area contributed by atoms with Crippen LogP contribution in [0.25, 0.3) is 11.2 Å². The van der Waals surface area contributed by atoms with E-state index in [2.05, 4.69) is 51.8 Å². The number of alkyl carbamates (subject to hydrolysis) is 1. The first-order chi connectivity index (χ1) is 32.5. The van der Waals surface area contributed by atoms with Gasteiger partial charge in [0.15, 0.2) is 17.7 Å². The van der Waals surface area contributed by atoms with Crippen LogP contribution >= 0.6 is 0 Å². The summed E-state index contributed by atoms with van der Waals surface area (Å²) in [5, 5.41) is 48.5.